The molecule has 8 nitrogen and oxygen atoms in total. The van der Waals surface area contributed by atoms with Crippen LogP contribution in [-0.2, 0) is 11.3 Å². The van der Waals surface area contributed by atoms with Gasteiger partial charge in [-0.1, -0.05) is 40.5 Å². The summed E-state index contributed by atoms with van der Waals surface area (Å²) < 4.78 is 18.3. The highest BCUT2D eigenvalue weighted by Crippen LogP contribution is 2.32. The number of aromatic nitrogens is 3. The minimum absolute atomic E-state index is 0.0793. The fourth-order valence-corrected chi connectivity index (χ4v) is 4.26. The molecule has 0 saturated carbocycles. The van der Waals surface area contributed by atoms with Crippen LogP contribution in [-0.4, -0.2) is 53.9 Å². The number of esters is 1. The van der Waals surface area contributed by atoms with Gasteiger partial charge in [-0.05, 0) is 42.8 Å². The summed E-state index contributed by atoms with van der Waals surface area (Å²) in [5.74, 6) is 0.521. The zero-order chi connectivity index (χ0) is 24.1. The van der Waals surface area contributed by atoms with E-state index >= 15 is 0 Å². The molecule has 34 heavy (non-hydrogen) atoms. The third-order valence-corrected chi connectivity index (χ3v) is 6.17. The number of hydrogen-bond acceptors (Lipinski definition) is 7. The van der Waals surface area contributed by atoms with E-state index in [-0.39, 0.29) is 18.4 Å². The summed E-state index contributed by atoms with van der Waals surface area (Å²) in [6, 6.07) is 13.1. The van der Waals surface area contributed by atoms with Crippen LogP contribution in [0.3, 0.4) is 0 Å². The van der Waals surface area contributed by atoms with Gasteiger partial charge in [-0.2, -0.15) is 0 Å². The maximum atomic E-state index is 12.5. The predicted molar refractivity (Wildman–Crippen MR) is 130 cm³/mol. The van der Waals surface area contributed by atoms with Crippen molar-refractivity contribution >= 4 is 34.9 Å². The van der Waals surface area contributed by atoms with E-state index < -0.39 is 5.97 Å². The van der Waals surface area contributed by atoms with Gasteiger partial charge in [0.2, 0.25) is 11.6 Å². The summed E-state index contributed by atoms with van der Waals surface area (Å²) in [5, 5.41) is 9.54. The molecule has 0 spiro atoms. The van der Waals surface area contributed by atoms with E-state index in [0.29, 0.717) is 22.5 Å². The average molecular weight is 505 g/mol. The molecule has 0 N–H and O–H groups in total. The smallest absolute Gasteiger partial charge is 0.364 e. The first kappa shape index (κ1) is 24.2. The molecular formula is C24H26Cl2N4O4. The second-order valence-electron chi connectivity index (χ2n) is 7.87. The quantitative estimate of drug-likeness (QED) is 0.405. The highest BCUT2D eigenvalue weighted by atomic mass is 35.5. The molecule has 2 heterocycles. The number of benzene rings is 2. The second kappa shape index (κ2) is 11.0. The molecule has 0 atom stereocenters. The molecule has 180 valence electrons. The fourth-order valence-electron chi connectivity index (χ4n) is 3.86. The van der Waals surface area contributed by atoms with Gasteiger partial charge < -0.3 is 19.1 Å². The molecule has 3 aromatic rings. The number of piperidine rings is 1. The normalized spacial score (nSPS) is 14.2. The molecule has 0 bridgehead atoms. The van der Waals surface area contributed by atoms with Crippen LogP contribution in [0, 0.1) is 0 Å². The van der Waals surface area contributed by atoms with Crippen LogP contribution in [0.25, 0.3) is 0 Å². The summed E-state index contributed by atoms with van der Waals surface area (Å²) in [6.07, 6.45) is 1.35. The summed E-state index contributed by atoms with van der Waals surface area (Å²) >= 11 is 12.5. The van der Waals surface area contributed by atoms with E-state index in [9.17, 15) is 4.79 Å². The van der Waals surface area contributed by atoms with Gasteiger partial charge in [0.05, 0.1) is 31.0 Å². The molecule has 4 rings (SSSR count). The van der Waals surface area contributed by atoms with Crippen molar-refractivity contribution in [2.75, 3.05) is 31.7 Å². The zero-order valence-corrected chi connectivity index (χ0v) is 20.6. The standard InChI is InChI=1S/C24H26Cl2N4O4/c1-3-33-24(31)22-23(30(28-27-22)15-16-4-7-18(32-2)8-5-16)34-19-10-12-29(13-11-19)21-14-17(25)6-9-20(21)26/h4-9,14,19H,3,10-13,15H2,1-2H3. The van der Waals surface area contributed by atoms with Gasteiger partial charge in [-0.15, -0.1) is 5.10 Å². The summed E-state index contributed by atoms with van der Waals surface area (Å²) in [5.41, 5.74) is 1.96. The van der Waals surface area contributed by atoms with Gasteiger partial charge in [0.1, 0.15) is 11.9 Å². The van der Waals surface area contributed by atoms with Crippen molar-refractivity contribution < 1.29 is 19.0 Å². The van der Waals surface area contributed by atoms with Gasteiger partial charge >= 0.3 is 5.97 Å². The molecule has 1 fully saturated rings. The van der Waals surface area contributed by atoms with E-state index in [0.717, 1.165) is 42.9 Å². The first-order valence-corrected chi connectivity index (χ1v) is 11.8. The van der Waals surface area contributed by atoms with Gasteiger partial charge in [0.15, 0.2) is 0 Å². The molecule has 10 heteroatoms. The zero-order valence-electron chi connectivity index (χ0n) is 19.0. The Kier molecular flexibility index (Phi) is 7.80. The van der Waals surface area contributed by atoms with E-state index in [1.54, 1.807) is 30.8 Å². The Balaban J connectivity index is 1.50. The van der Waals surface area contributed by atoms with E-state index in [4.69, 9.17) is 37.4 Å². The van der Waals surface area contributed by atoms with Crippen molar-refractivity contribution in [1.29, 1.82) is 0 Å². The van der Waals surface area contributed by atoms with E-state index in [1.807, 2.05) is 30.3 Å². The maximum absolute atomic E-state index is 12.5. The van der Waals surface area contributed by atoms with Crippen molar-refractivity contribution in [1.82, 2.24) is 15.0 Å². The van der Waals surface area contributed by atoms with Crippen LogP contribution in [0.2, 0.25) is 10.0 Å². The van der Waals surface area contributed by atoms with Crippen molar-refractivity contribution in [3.05, 3.63) is 63.8 Å². The third-order valence-electron chi connectivity index (χ3n) is 5.62. The SMILES string of the molecule is CCOC(=O)c1nnn(Cc2ccc(OC)cc2)c1OC1CCN(c2cc(Cl)ccc2Cl)CC1. The molecule has 0 unspecified atom stereocenters. The Morgan fingerprint density at radius 2 is 1.85 bits per heavy atom. The minimum Gasteiger partial charge on any atom is -0.497 e. The molecule has 0 radical (unpaired) electrons. The Morgan fingerprint density at radius 1 is 1.12 bits per heavy atom. The van der Waals surface area contributed by atoms with Gasteiger partial charge in [0, 0.05) is 31.0 Å². The fraction of sp³-hybridized carbons (Fsp3) is 0.375. The van der Waals surface area contributed by atoms with Crippen LogP contribution >= 0.6 is 23.2 Å². The van der Waals surface area contributed by atoms with Crippen LogP contribution in [0.5, 0.6) is 11.6 Å². The molecule has 0 amide bonds. The Labute approximate surface area is 208 Å². The monoisotopic (exact) mass is 504 g/mol. The Morgan fingerprint density at radius 3 is 2.53 bits per heavy atom. The second-order valence-corrected chi connectivity index (χ2v) is 8.71. The lowest BCUT2D eigenvalue weighted by atomic mass is 10.1. The first-order chi connectivity index (χ1) is 16.5. The molecule has 0 aliphatic carbocycles. The number of halogens is 2. The first-order valence-electron chi connectivity index (χ1n) is 11.1. The Hall–Kier alpha value is -2.97. The number of anilines is 1. The van der Waals surface area contributed by atoms with Gasteiger partial charge in [0.25, 0.3) is 0 Å². The number of methoxy groups -OCH3 is 1. The van der Waals surface area contributed by atoms with Gasteiger partial charge in [-0.3, -0.25) is 0 Å². The highest BCUT2D eigenvalue weighted by Gasteiger charge is 2.28. The number of ether oxygens (including phenoxy) is 3. The molecule has 2 aromatic carbocycles. The van der Waals surface area contributed by atoms with E-state index in [1.165, 1.54) is 0 Å². The third kappa shape index (κ3) is 5.56. The lowest BCUT2D eigenvalue weighted by Gasteiger charge is -2.34. The molecule has 1 aliphatic rings. The number of nitrogens with zero attached hydrogens (tertiary/aromatic N) is 4. The number of carbonyl (C=O) groups is 1. The van der Waals surface area contributed by atoms with Crippen LogP contribution in [0.4, 0.5) is 5.69 Å². The van der Waals surface area contributed by atoms with Crippen molar-refractivity contribution in [3.8, 4) is 11.6 Å². The van der Waals surface area contributed by atoms with Crippen molar-refractivity contribution in [2.45, 2.75) is 32.4 Å². The molecular weight excluding hydrogens is 479 g/mol. The van der Waals surface area contributed by atoms with Crippen molar-refractivity contribution in [2.24, 2.45) is 0 Å². The lowest BCUT2D eigenvalue weighted by molar-refractivity contribution is 0.0509. The van der Waals surface area contributed by atoms with Crippen molar-refractivity contribution in [3.63, 3.8) is 0 Å². The summed E-state index contributed by atoms with van der Waals surface area (Å²) in [7, 11) is 1.62. The molecule has 1 aromatic heterocycles. The maximum Gasteiger partial charge on any atom is 0.364 e. The number of hydrogen-bond donors (Lipinski definition) is 0. The Bertz CT molecular complexity index is 1130. The summed E-state index contributed by atoms with van der Waals surface area (Å²) in [6.45, 7) is 3.85. The minimum atomic E-state index is -0.554. The van der Waals surface area contributed by atoms with Crippen LogP contribution in [0.15, 0.2) is 42.5 Å². The number of rotatable bonds is 8. The van der Waals surface area contributed by atoms with E-state index in [2.05, 4.69) is 15.2 Å². The average Bonchev–Trinajstić information content (AvgIpc) is 3.24. The summed E-state index contributed by atoms with van der Waals surface area (Å²) in [4.78, 5) is 14.7. The predicted octanol–water partition coefficient (Wildman–Crippen LogP) is 4.87. The molecule has 1 aliphatic heterocycles. The highest BCUT2D eigenvalue weighted by molar-refractivity contribution is 6.35. The number of carbonyl (C=O) groups excluding carboxylic acids is 1. The van der Waals surface area contributed by atoms with Crippen LogP contribution in [0.1, 0.15) is 35.8 Å². The lowest BCUT2D eigenvalue weighted by Crippen LogP contribution is -2.39. The topological polar surface area (TPSA) is 78.7 Å². The van der Waals surface area contributed by atoms with Gasteiger partial charge in [-0.25, -0.2) is 9.48 Å². The van der Waals surface area contributed by atoms with Crippen LogP contribution < -0.4 is 14.4 Å². The largest absolute Gasteiger partial charge is 0.497 e. The molecule has 1 saturated heterocycles.